The molecule has 0 amide bonds. The van der Waals surface area contributed by atoms with Gasteiger partial charge in [-0.1, -0.05) is 13.8 Å². The summed E-state index contributed by atoms with van der Waals surface area (Å²) in [7, 11) is 0. The van der Waals surface area contributed by atoms with Gasteiger partial charge in [0.25, 0.3) is 0 Å². The molecule has 1 aromatic rings. The first kappa shape index (κ1) is 12.9. The van der Waals surface area contributed by atoms with Gasteiger partial charge >= 0.3 is 5.97 Å². The van der Waals surface area contributed by atoms with Gasteiger partial charge in [0.2, 0.25) is 5.13 Å². The number of nitrogens with one attached hydrogen (secondary N) is 1. The molecule has 16 heavy (non-hydrogen) atoms. The zero-order chi connectivity index (χ0) is 12.0. The quantitative estimate of drug-likeness (QED) is 0.766. The molecule has 0 aliphatic heterocycles. The van der Waals surface area contributed by atoms with Gasteiger partial charge in [-0.15, -0.1) is 0 Å². The largest absolute Gasteiger partial charge is 0.481 e. The highest BCUT2D eigenvalue weighted by molar-refractivity contribution is 7.09. The number of rotatable bonds is 7. The Balaban J connectivity index is 2.29. The molecule has 0 aromatic carbocycles. The number of aryl methyl sites for hydroxylation is 1. The zero-order valence-corrected chi connectivity index (χ0v) is 10.4. The molecular formula is C10H17N3O2S. The van der Waals surface area contributed by atoms with Crippen molar-refractivity contribution in [3.8, 4) is 0 Å². The van der Waals surface area contributed by atoms with Gasteiger partial charge in [0.15, 0.2) is 0 Å². The van der Waals surface area contributed by atoms with Crippen LogP contribution >= 0.6 is 11.5 Å². The minimum atomic E-state index is -0.759. The summed E-state index contributed by atoms with van der Waals surface area (Å²) in [5.74, 6) is -0.220. The molecule has 1 unspecified atom stereocenters. The first-order valence-electron chi connectivity index (χ1n) is 5.42. The highest BCUT2D eigenvalue weighted by atomic mass is 32.1. The van der Waals surface area contributed by atoms with Crippen LogP contribution in [-0.2, 0) is 11.2 Å². The third-order valence-corrected chi connectivity index (χ3v) is 2.93. The lowest BCUT2D eigenvalue weighted by Crippen LogP contribution is -2.14. The van der Waals surface area contributed by atoms with E-state index in [-0.39, 0.29) is 5.92 Å². The molecule has 0 bridgehead atoms. The Morgan fingerprint density at radius 3 is 3.00 bits per heavy atom. The second-order valence-corrected chi connectivity index (χ2v) is 4.47. The van der Waals surface area contributed by atoms with Gasteiger partial charge in [-0.25, -0.2) is 4.98 Å². The van der Waals surface area contributed by atoms with Crippen molar-refractivity contribution in [2.24, 2.45) is 5.92 Å². The summed E-state index contributed by atoms with van der Waals surface area (Å²) in [5.41, 5.74) is 0. The topological polar surface area (TPSA) is 75.1 Å². The molecule has 90 valence electrons. The predicted molar refractivity (Wildman–Crippen MR) is 63.8 cm³/mol. The SMILES string of the molecule is CCCc1nsc(NCCC(C)C(=O)O)n1. The number of aliphatic carboxylic acids is 1. The summed E-state index contributed by atoms with van der Waals surface area (Å²) in [4.78, 5) is 14.9. The van der Waals surface area contributed by atoms with Gasteiger partial charge < -0.3 is 10.4 Å². The van der Waals surface area contributed by atoms with Crippen LogP contribution in [0.25, 0.3) is 0 Å². The molecule has 1 aromatic heterocycles. The lowest BCUT2D eigenvalue weighted by Gasteiger charge is -2.05. The normalized spacial score (nSPS) is 12.4. The van der Waals surface area contributed by atoms with Crippen LogP contribution in [0.2, 0.25) is 0 Å². The highest BCUT2D eigenvalue weighted by Gasteiger charge is 2.10. The fraction of sp³-hybridized carbons (Fsp3) is 0.700. The molecule has 2 N–H and O–H groups in total. The van der Waals surface area contributed by atoms with Crippen molar-refractivity contribution in [3.05, 3.63) is 5.82 Å². The number of nitrogens with zero attached hydrogens (tertiary/aromatic N) is 2. The number of hydrogen-bond acceptors (Lipinski definition) is 5. The van der Waals surface area contributed by atoms with E-state index in [1.54, 1.807) is 6.92 Å². The lowest BCUT2D eigenvalue weighted by atomic mass is 10.1. The van der Waals surface area contributed by atoms with Gasteiger partial charge in [-0.05, 0) is 12.8 Å². The summed E-state index contributed by atoms with van der Waals surface area (Å²) in [6, 6.07) is 0. The third kappa shape index (κ3) is 4.14. The van der Waals surface area contributed by atoms with Crippen LogP contribution in [0.5, 0.6) is 0 Å². The molecule has 0 fully saturated rings. The molecule has 0 saturated heterocycles. The summed E-state index contributed by atoms with van der Waals surface area (Å²) in [5, 5.41) is 12.6. The Labute approximate surface area is 99.1 Å². The first-order chi connectivity index (χ1) is 7.63. The maximum atomic E-state index is 10.6. The number of hydrogen-bond donors (Lipinski definition) is 2. The zero-order valence-electron chi connectivity index (χ0n) is 9.56. The van der Waals surface area contributed by atoms with Crippen LogP contribution < -0.4 is 5.32 Å². The van der Waals surface area contributed by atoms with Crippen molar-refractivity contribution in [1.29, 1.82) is 0 Å². The van der Waals surface area contributed by atoms with Crippen molar-refractivity contribution in [3.63, 3.8) is 0 Å². The predicted octanol–water partition coefficient (Wildman–Crippen LogP) is 2.01. The number of anilines is 1. The van der Waals surface area contributed by atoms with Crippen molar-refractivity contribution in [2.45, 2.75) is 33.1 Å². The summed E-state index contributed by atoms with van der Waals surface area (Å²) in [6.07, 6.45) is 2.52. The number of carboxylic acids is 1. The minimum Gasteiger partial charge on any atom is -0.481 e. The molecule has 0 radical (unpaired) electrons. The van der Waals surface area contributed by atoms with Crippen LogP contribution in [0.1, 0.15) is 32.5 Å². The van der Waals surface area contributed by atoms with Crippen LogP contribution in [0.4, 0.5) is 5.13 Å². The molecule has 1 heterocycles. The number of aromatic nitrogens is 2. The molecule has 1 atom stereocenters. The van der Waals surface area contributed by atoms with Crippen molar-refractivity contribution in [2.75, 3.05) is 11.9 Å². The van der Waals surface area contributed by atoms with Crippen LogP contribution in [0.15, 0.2) is 0 Å². The van der Waals surface area contributed by atoms with E-state index in [4.69, 9.17) is 5.11 Å². The Kier molecular flexibility index (Phi) is 5.18. The molecular weight excluding hydrogens is 226 g/mol. The van der Waals surface area contributed by atoms with E-state index >= 15 is 0 Å². The Morgan fingerprint density at radius 1 is 1.62 bits per heavy atom. The summed E-state index contributed by atoms with van der Waals surface area (Å²) < 4.78 is 4.19. The van der Waals surface area contributed by atoms with E-state index in [0.717, 1.165) is 23.8 Å². The van der Waals surface area contributed by atoms with E-state index in [1.165, 1.54) is 11.5 Å². The van der Waals surface area contributed by atoms with E-state index < -0.39 is 5.97 Å². The minimum absolute atomic E-state index is 0.324. The van der Waals surface area contributed by atoms with Crippen LogP contribution in [-0.4, -0.2) is 27.0 Å². The average molecular weight is 243 g/mol. The monoisotopic (exact) mass is 243 g/mol. The average Bonchev–Trinajstić information content (AvgIpc) is 2.66. The van der Waals surface area contributed by atoms with Gasteiger partial charge in [0.1, 0.15) is 5.82 Å². The van der Waals surface area contributed by atoms with Crippen LogP contribution in [0, 0.1) is 5.92 Å². The lowest BCUT2D eigenvalue weighted by molar-refractivity contribution is -0.141. The maximum absolute atomic E-state index is 10.6. The molecule has 0 spiro atoms. The van der Waals surface area contributed by atoms with E-state index in [2.05, 4.69) is 21.6 Å². The molecule has 6 heteroatoms. The van der Waals surface area contributed by atoms with Gasteiger partial charge in [-0.3, -0.25) is 4.79 Å². The highest BCUT2D eigenvalue weighted by Crippen LogP contribution is 2.12. The van der Waals surface area contributed by atoms with Crippen molar-refractivity contribution >= 4 is 22.6 Å². The Morgan fingerprint density at radius 2 is 2.38 bits per heavy atom. The van der Waals surface area contributed by atoms with Crippen LogP contribution in [0.3, 0.4) is 0 Å². The fourth-order valence-electron chi connectivity index (χ4n) is 1.17. The molecule has 0 saturated carbocycles. The van der Waals surface area contributed by atoms with Gasteiger partial charge in [-0.2, -0.15) is 4.37 Å². The second kappa shape index (κ2) is 6.42. The van der Waals surface area contributed by atoms with E-state index in [9.17, 15) is 4.79 Å². The van der Waals surface area contributed by atoms with Crippen molar-refractivity contribution in [1.82, 2.24) is 9.36 Å². The van der Waals surface area contributed by atoms with Crippen molar-refractivity contribution < 1.29 is 9.90 Å². The standard InChI is InChI=1S/C10H17N3O2S/c1-3-4-8-12-10(16-13-8)11-6-5-7(2)9(14)15/h7H,3-6H2,1-2H3,(H,14,15)(H,11,12,13). The van der Waals surface area contributed by atoms with Gasteiger partial charge in [0.05, 0.1) is 5.92 Å². The Bertz CT molecular complexity index is 341. The third-order valence-electron chi connectivity index (χ3n) is 2.22. The van der Waals surface area contributed by atoms with Gasteiger partial charge in [0, 0.05) is 24.5 Å². The molecule has 0 aliphatic carbocycles. The fourth-order valence-corrected chi connectivity index (χ4v) is 1.81. The summed E-state index contributed by atoms with van der Waals surface area (Å²) in [6.45, 7) is 4.41. The smallest absolute Gasteiger partial charge is 0.306 e. The van der Waals surface area contributed by atoms with E-state index in [1.807, 2.05) is 0 Å². The summed E-state index contributed by atoms with van der Waals surface area (Å²) >= 11 is 1.33. The molecule has 5 nitrogen and oxygen atoms in total. The van der Waals surface area contributed by atoms with E-state index in [0.29, 0.717) is 13.0 Å². The number of carboxylic acid groups (broad SMARTS) is 1. The first-order valence-corrected chi connectivity index (χ1v) is 6.20. The number of carbonyl (C=O) groups is 1. The molecule has 1 rings (SSSR count). The molecule has 0 aliphatic rings. The second-order valence-electron chi connectivity index (χ2n) is 3.72. The Hall–Kier alpha value is -1.17. The maximum Gasteiger partial charge on any atom is 0.306 e.